The Balaban J connectivity index is 1.85. The third-order valence-corrected chi connectivity index (χ3v) is 3.61. The van der Waals surface area contributed by atoms with Gasteiger partial charge in [0.25, 0.3) is 0 Å². The quantitative estimate of drug-likeness (QED) is 0.873. The Morgan fingerprint density at radius 2 is 2.13 bits per heavy atom. The topological polar surface area (TPSA) is 77.2 Å². The van der Waals surface area contributed by atoms with Crippen molar-refractivity contribution < 1.29 is 19.0 Å². The van der Waals surface area contributed by atoms with Crippen LogP contribution in [0.15, 0.2) is 30.3 Å². The number of cyclic esters (lactones) is 1. The molecule has 7 heteroatoms. The fraction of sp³-hybridized carbons (Fsp3) is 0.312. The predicted octanol–water partition coefficient (Wildman–Crippen LogP) is 1.79. The van der Waals surface area contributed by atoms with E-state index in [0.29, 0.717) is 23.5 Å². The molecule has 1 aliphatic heterocycles. The molecule has 2 unspecified atom stereocenters. The number of nitrogens with zero attached hydrogens (tertiary/aromatic N) is 3. The van der Waals surface area contributed by atoms with Crippen molar-refractivity contribution in [3.8, 4) is 5.69 Å². The summed E-state index contributed by atoms with van der Waals surface area (Å²) in [4.78, 5) is 11.4. The zero-order chi connectivity index (χ0) is 16.4. The minimum Gasteiger partial charge on any atom is -0.458 e. The molecule has 0 bridgehead atoms. The standard InChI is InChI=1S/C16H16FN3O3/c1-10-15(7-6-14-8-13(21)9-16(22)23-14)20(19-18-10)12-4-2-11(17)3-5-12/h2-7,13-14,21H,8-9H2,1H3/b7-6+. The second-order valence-electron chi connectivity index (χ2n) is 5.43. The average molecular weight is 317 g/mol. The van der Waals surface area contributed by atoms with Gasteiger partial charge in [0.2, 0.25) is 0 Å². The molecule has 2 atom stereocenters. The summed E-state index contributed by atoms with van der Waals surface area (Å²) < 4.78 is 19.8. The molecule has 0 aliphatic carbocycles. The summed E-state index contributed by atoms with van der Waals surface area (Å²) in [7, 11) is 0. The van der Waals surface area contributed by atoms with Crippen LogP contribution in [0.4, 0.5) is 4.39 Å². The number of halogens is 1. The second kappa shape index (κ2) is 6.29. The first-order chi connectivity index (χ1) is 11.0. The third-order valence-electron chi connectivity index (χ3n) is 3.61. The highest BCUT2D eigenvalue weighted by Crippen LogP contribution is 2.19. The monoisotopic (exact) mass is 317 g/mol. The first-order valence-corrected chi connectivity index (χ1v) is 7.27. The van der Waals surface area contributed by atoms with Gasteiger partial charge in [0.05, 0.1) is 29.6 Å². The lowest BCUT2D eigenvalue weighted by atomic mass is 10.0. The summed E-state index contributed by atoms with van der Waals surface area (Å²) in [6, 6.07) is 5.90. The number of carbonyl (C=O) groups excluding carboxylic acids is 1. The number of benzene rings is 1. The lowest BCUT2D eigenvalue weighted by Gasteiger charge is -2.23. The molecule has 2 aromatic rings. The zero-order valence-electron chi connectivity index (χ0n) is 12.5. The maximum atomic E-state index is 13.0. The Morgan fingerprint density at radius 1 is 1.39 bits per heavy atom. The Hall–Kier alpha value is -2.54. The fourth-order valence-corrected chi connectivity index (χ4v) is 2.45. The van der Waals surface area contributed by atoms with Gasteiger partial charge in [0.1, 0.15) is 11.9 Å². The zero-order valence-corrected chi connectivity index (χ0v) is 12.5. The molecule has 23 heavy (non-hydrogen) atoms. The van der Waals surface area contributed by atoms with Crippen molar-refractivity contribution in [2.24, 2.45) is 0 Å². The van der Waals surface area contributed by atoms with Gasteiger partial charge in [-0.2, -0.15) is 0 Å². The highest BCUT2D eigenvalue weighted by atomic mass is 19.1. The summed E-state index contributed by atoms with van der Waals surface area (Å²) >= 11 is 0. The van der Waals surface area contributed by atoms with Gasteiger partial charge in [-0.3, -0.25) is 4.79 Å². The van der Waals surface area contributed by atoms with Crippen molar-refractivity contribution in [1.29, 1.82) is 0 Å². The number of aliphatic hydroxyl groups is 1. The van der Waals surface area contributed by atoms with E-state index in [1.54, 1.807) is 35.9 Å². The Morgan fingerprint density at radius 3 is 2.83 bits per heavy atom. The highest BCUT2D eigenvalue weighted by molar-refractivity contribution is 5.71. The predicted molar refractivity (Wildman–Crippen MR) is 80.2 cm³/mol. The van der Waals surface area contributed by atoms with Crippen LogP contribution in [0.1, 0.15) is 24.2 Å². The molecule has 0 spiro atoms. The number of aliphatic hydroxyl groups excluding tert-OH is 1. The number of aromatic nitrogens is 3. The first-order valence-electron chi connectivity index (χ1n) is 7.27. The minimum absolute atomic E-state index is 0.0262. The van der Waals surface area contributed by atoms with Crippen LogP contribution in [0.2, 0.25) is 0 Å². The fourth-order valence-electron chi connectivity index (χ4n) is 2.45. The second-order valence-corrected chi connectivity index (χ2v) is 5.43. The highest BCUT2D eigenvalue weighted by Gasteiger charge is 2.25. The molecular formula is C16H16FN3O3. The summed E-state index contributed by atoms with van der Waals surface area (Å²) in [5.74, 6) is -0.744. The number of ether oxygens (including phenoxy) is 1. The third kappa shape index (κ3) is 3.45. The van der Waals surface area contributed by atoms with E-state index >= 15 is 0 Å². The van der Waals surface area contributed by atoms with Crippen LogP contribution >= 0.6 is 0 Å². The molecule has 1 aliphatic rings. The molecule has 1 aromatic heterocycles. The maximum absolute atomic E-state index is 13.0. The summed E-state index contributed by atoms with van der Waals surface area (Å²) in [5, 5.41) is 17.7. The number of hydrogen-bond acceptors (Lipinski definition) is 5. The van der Waals surface area contributed by atoms with Crippen LogP contribution in [0.25, 0.3) is 11.8 Å². The van der Waals surface area contributed by atoms with E-state index < -0.39 is 18.2 Å². The van der Waals surface area contributed by atoms with Crippen LogP contribution in [0.3, 0.4) is 0 Å². The van der Waals surface area contributed by atoms with Gasteiger partial charge in [0.15, 0.2) is 0 Å². The number of hydrogen-bond donors (Lipinski definition) is 1. The molecule has 120 valence electrons. The molecule has 0 amide bonds. The van der Waals surface area contributed by atoms with E-state index in [-0.39, 0.29) is 12.2 Å². The number of carbonyl (C=O) groups is 1. The molecule has 1 saturated heterocycles. The smallest absolute Gasteiger partial charge is 0.309 e. The van der Waals surface area contributed by atoms with Crippen LogP contribution in [-0.4, -0.2) is 38.3 Å². The van der Waals surface area contributed by atoms with E-state index in [0.717, 1.165) is 0 Å². The maximum Gasteiger partial charge on any atom is 0.309 e. The molecule has 6 nitrogen and oxygen atoms in total. The molecule has 0 radical (unpaired) electrons. The van der Waals surface area contributed by atoms with Crippen molar-refractivity contribution in [3.63, 3.8) is 0 Å². The number of rotatable bonds is 3. The number of aryl methyl sites for hydroxylation is 1. The minimum atomic E-state index is -0.688. The van der Waals surface area contributed by atoms with Crippen LogP contribution in [0, 0.1) is 12.7 Å². The lowest BCUT2D eigenvalue weighted by Crippen LogP contribution is -2.31. The molecule has 1 fully saturated rings. The van der Waals surface area contributed by atoms with Crippen molar-refractivity contribution in [1.82, 2.24) is 15.0 Å². The van der Waals surface area contributed by atoms with Crippen LogP contribution in [0.5, 0.6) is 0 Å². The van der Waals surface area contributed by atoms with Gasteiger partial charge >= 0.3 is 5.97 Å². The van der Waals surface area contributed by atoms with E-state index in [2.05, 4.69) is 10.3 Å². The van der Waals surface area contributed by atoms with Crippen LogP contribution in [-0.2, 0) is 9.53 Å². The molecule has 1 aromatic carbocycles. The molecule has 2 heterocycles. The molecule has 0 saturated carbocycles. The Labute approximate surface area is 132 Å². The average Bonchev–Trinajstić information content (AvgIpc) is 2.86. The van der Waals surface area contributed by atoms with E-state index in [1.165, 1.54) is 12.1 Å². The van der Waals surface area contributed by atoms with Gasteiger partial charge in [-0.05, 0) is 43.3 Å². The van der Waals surface area contributed by atoms with E-state index in [9.17, 15) is 14.3 Å². The van der Waals surface area contributed by atoms with Crippen molar-refractivity contribution in [2.75, 3.05) is 0 Å². The van der Waals surface area contributed by atoms with E-state index in [4.69, 9.17) is 4.74 Å². The van der Waals surface area contributed by atoms with Gasteiger partial charge in [-0.15, -0.1) is 5.10 Å². The normalized spacial score (nSPS) is 21.6. The number of esters is 1. The Kier molecular flexibility index (Phi) is 4.20. The summed E-state index contributed by atoms with van der Waals surface area (Å²) in [6.45, 7) is 1.80. The van der Waals surface area contributed by atoms with Gasteiger partial charge in [0, 0.05) is 6.42 Å². The molecule has 1 N–H and O–H groups in total. The van der Waals surface area contributed by atoms with Gasteiger partial charge in [-0.25, -0.2) is 9.07 Å². The largest absolute Gasteiger partial charge is 0.458 e. The summed E-state index contributed by atoms with van der Waals surface area (Å²) in [5.41, 5.74) is 2.06. The van der Waals surface area contributed by atoms with Crippen molar-refractivity contribution in [3.05, 3.63) is 47.5 Å². The van der Waals surface area contributed by atoms with Crippen molar-refractivity contribution >= 4 is 12.0 Å². The van der Waals surface area contributed by atoms with Crippen LogP contribution < -0.4 is 0 Å². The lowest BCUT2D eigenvalue weighted by molar-refractivity contribution is -0.156. The Bertz CT molecular complexity index is 740. The van der Waals surface area contributed by atoms with Gasteiger partial charge < -0.3 is 9.84 Å². The van der Waals surface area contributed by atoms with E-state index in [1.807, 2.05) is 0 Å². The molecule has 3 rings (SSSR count). The van der Waals surface area contributed by atoms with Gasteiger partial charge in [-0.1, -0.05) is 5.21 Å². The first kappa shape index (κ1) is 15.4. The van der Waals surface area contributed by atoms with Crippen molar-refractivity contribution in [2.45, 2.75) is 32.0 Å². The SMILES string of the molecule is Cc1nnn(-c2ccc(F)cc2)c1/C=C/C1CC(O)CC(=O)O1. The molecular weight excluding hydrogens is 301 g/mol. The summed E-state index contributed by atoms with van der Waals surface area (Å²) in [6.07, 6.45) is 2.66.